The van der Waals surface area contributed by atoms with Gasteiger partial charge in [0.2, 0.25) is 5.95 Å². The summed E-state index contributed by atoms with van der Waals surface area (Å²) in [7, 11) is 0. The Labute approximate surface area is 159 Å². The standard InChI is InChI=1S/C22H22N4O/c1-15-6-5-7-17(12-15)14-23-22-24-16(2)13-19(25-22)21(27)26-11-10-18-8-3-4-9-20(18)26/h3-9,12-13H,10-11,14H2,1-2H3,(H,23,24,25). The lowest BCUT2D eigenvalue weighted by Crippen LogP contribution is -2.30. The van der Waals surface area contributed by atoms with Crippen molar-refractivity contribution in [1.29, 1.82) is 0 Å². The highest BCUT2D eigenvalue weighted by atomic mass is 16.2. The van der Waals surface area contributed by atoms with Gasteiger partial charge in [-0.05, 0) is 43.5 Å². The number of nitrogens with one attached hydrogen (secondary N) is 1. The quantitative estimate of drug-likeness (QED) is 0.768. The summed E-state index contributed by atoms with van der Waals surface area (Å²) in [6.45, 7) is 5.25. The van der Waals surface area contributed by atoms with Crippen LogP contribution < -0.4 is 10.2 Å². The van der Waals surface area contributed by atoms with E-state index in [2.05, 4.69) is 46.5 Å². The summed E-state index contributed by atoms with van der Waals surface area (Å²) in [6.07, 6.45) is 0.879. The molecule has 5 nitrogen and oxygen atoms in total. The smallest absolute Gasteiger partial charge is 0.277 e. The predicted molar refractivity (Wildman–Crippen MR) is 107 cm³/mol. The second-order valence-corrected chi connectivity index (χ2v) is 6.90. The van der Waals surface area contributed by atoms with Crippen LogP contribution in [0.25, 0.3) is 0 Å². The molecule has 2 heterocycles. The molecule has 2 aromatic carbocycles. The Hall–Kier alpha value is -3.21. The first kappa shape index (κ1) is 17.2. The van der Waals surface area contributed by atoms with Crippen LogP contribution in [-0.2, 0) is 13.0 Å². The molecule has 0 fully saturated rings. The van der Waals surface area contributed by atoms with Gasteiger partial charge in [0.05, 0.1) is 0 Å². The maximum absolute atomic E-state index is 13.0. The van der Waals surface area contributed by atoms with Crippen LogP contribution in [0.3, 0.4) is 0 Å². The molecule has 0 radical (unpaired) electrons. The van der Waals surface area contributed by atoms with E-state index in [1.54, 1.807) is 11.0 Å². The van der Waals surface area contributed by atoms with E-state index < -0.39 is 0 Å². The average Bonchev–Trinajstić information content (AvgIpc) is 3.09. The van der Waals surface area contributed by atoms with E-state index in [1.165, 1.54) is 11.1 Å². The lowest BCUT2D eigenvalue weighted by atomic mass is 10.1. The van der Waals surface area contributed by atoms with Gasteiger partial charge in [-0.15, -0.1) is 0 Å². The fourth-order valence-electron chi connectivity index (χ4n) is 3.45. The third-order valence-corrected chi connectivity index (χ3v) is 4.74. The largest absolute Gasteiger partial charge is 0.350 e. The SMILES string of the molecule is Cc1cccc(CNc2nc(C)cc(C(=O)N3CCc4ccccc43)n2)c1. The van der Waals surface area contributed by atoms with E-state index in [-0.39, 0.29) is 5.91 Å². The lowest BCUT2D eigenvalue weighted by molar-refractivity contribution is 0.0984. The molecule has 4 rings (SSSR count). The number of para-hydroxylation sites is 1. The third kappa shape index (κ3) is 3.67. The number of hydrogen-bond donors (Lipinski definition) is 1. The first-order chi connectivity index (χ1) is 13.1. The molecule has 0 atom stereocenters. The number of amides is 1. The van der Waals surface area contributed by atoms with Gasteiger partial charge in [-0.3, -0.25) is 4.79 Å². The van der Waals surface area contributed by atoms with Gasteiger partial charge in [0.1, 0.15) is 5.69 Å². The highest BCUT2D eigenvalue weighted by molar-refractivity contribution is 6.06. The highest BCUT2D eigenvalue weighted by Gasteiger charge is 2.26. The fraction of sp³-hybridized carbons (Fsp3) is 0.227. The predicted octanol–water partition coefficient (Wildman–Crippen LogP) is 3.91. The summed E-state index contributed by atoms with van der Waals surface area (Å²) in [4.78, 5) is 23.8. The summed E-state index contributed by atoms with van der Waals surface area (Å²) >= 11 is 0. The molecular weight excluding hydrogens is 336 g/mol. The molecule has 0 saturated carbocycles. The zero-order valence-corrected chi connectivity index (χ0v) is 15.6. The van der Waals surface area contributed by atoms with Crippen LogP contribution in [0, 0.1) is 13.8 Å². The Morgan fingerprint density at radius 1 is 1.07 bits per heavy atom. The average molecular weight is 358 g/mol. The van der Waals surface area contributed by atoms with Crippen LogP contribution in [0.2, 0.25) is 0 Å². The zero-order valence-electron chi connectivity index (χ0n) is 15.6. The topological polar surface area (TPSA) is 58.1 Å². The first-order valence-corrected chi connectivity index (χ1v) is 9.15. The van der Waals surface area contributed by atoms with Gasteiger partial charge >= 0.3 is 0 Å². The van der Waals surface area contributed by atoms with Crippen LogP contribution >= 0.6 is 0 Å². The first-order valence-electron chi connectivity index (χ1n) is 9.15. The van der Waals surface area contributed by atoms with E-state index >= 15 is 0 Å². The number of aryl methyl sites for hydroxylation is 2. The highest BCUT2D eigenvalue weighted by Crippen LogP contribution is 2.28. The molecular formula is C22H22N4O. The maximum atomic E-state index is 13.0. The minimum absolute atomic E-state index is 0.0796. The molecule has 0 spiro atoms. The molecule has 0 saturated heterocycles. The molecule has 0 bridgehead atoms. The van der Waals surface area contributed by atoms with Crippen molar-refractivity contribution in [2.75, 3.05) is 16.8 Å². The maximum Gasteiger partial charge on any atom is 0.277 e. The van der Waals surface area contributed by atoms with E-state index in [9.17, 15) is 4.79 Å². The summed E-state index contributed by atoms with van der Waals surface area (Å²) in [5, 5.41) is 3.24. The molecule has 1 aliphatic heterocycles. The molecule has 27 heavy (non-hydrogen) atoms. The Bertz CT molecular complexity index is 999. The van der Waals surface area contributed by atoms with Crippen molar-refractivity contribution in [3.8, 4) is 0 Å². The summed E-state index contributed by atoms with van der Waals surface area (Å²) < 4.78 is 0. The van der Waals surface area contributed by atoms with Crippen molar-refractivity contribution in [3.63, 3.8) is 0 Å². The Kier molecular flexibility index (Phi) is 4.59. The number of fused-ring (bicyclic) bond motifs is 1. The van der Waals surface area contributed by atoms with Gasteiger partial charge in [-0.1, -0.05) is 48.0 Å². The number of rotatable bonds is 4. The van der Waals surface area contributed by atoms with Gasteiger partial charge in [0.15, 0.2) is 0 Å². The Balaban J connectivity index is 1.55. The second-order valence-electron chi connectivity index (χ2n) is 6.90. The summed E-state index contributed by atoms with van der Waals surface area (Å²) in [5.41, 5.74) is 5.74. The van der Waals surface area contributed by atoms with Crippen molar-refractivity contribution >= 4 is 17.5 Å². The molecule has 136 valence electrons. The normalized spacial score (nSPS) is 12.7. The number of nitrogens with zero attached hydrogens (tertiary/aromatic N) is 3. The minimum Gasteiger partial charge on any atom is -0.350 e. The Morgan fingerprint density at radius 2 is 1.93 bits per heavy atom. The molecule has 1 aliphatic rings. The molecule has 0 unspecified atom stereocenters. The van der Waals surface area contributed by atoms with Gasteiger partial charge in [0.25, 0.3) is 5.91 Å². The van der Waals surface area contributed by atoms with E-state index in [4.69, 9.17) is 0 Å². The number of anilines is 2. The van der Waals surface area contributed by atoms with Crippen molar-refractivity contribution < 1.29 is 4.79 Å². The number of carbonyl (C=O) groups is 1. The molecule has 0 aliphatic carbocycles. The Morgan fingerprint density at radius 3 is 2.78 bits per heavy atom. The van der Waals surface area contributed by atoms with E-state index in [1.807, 2.05) is 31.2 Å². The minimum atomic E-state index is -0.0796. The second kappa shape index (κ2) is 7.19. The van der Waals surface area contributed by atoms with Crippen LogP contribution in [0.4, 0.5) is 11.6 Å². The van der Waals surface area contributed by atoms with Crippen molar-refractivity contribution in [3.05, 3.63) is 82.7 Å². The van der Waals surface area contributed by atoms with Gasteiger partial charge in [-0.25, -0.2) is 9.97 Å². The molecule has 3 aromatic rings. The molecule has 1 aromatic heterocycles. The van der Waals surface area contributed by atoms with E-state index in [0.717, 1.165) is 23.4 Å². The zero-order chi connectivity index (χ0) is 18.8. The number of carbonyl (C=O) groups excluding carboxylic acids is 1. The molecule has 1 N–H and O–H groups in total. The van der Waals surface area contributed by atoms with E-state index in [0.29, 0.717) is 24.7 Å². The molecule has 1 amide bonds. The van der Waals surface area contributed by atoms with Crippen molar-refractivity contribution in [2.24, 2.45) is 0 Å². The fourth-order valence-corrected chi connectivity index (χ4v) is 3.45. The van der Waals surface area contributed by atoms with Gasteiger partial charge in [0, 0.05) is 24.5 Å². The van der Waals surface area contributed by atoms with Crippen molar-refractivity contribution in [2.45, 2.75) is 26.8 Å². The van der Waals surface area contributed by atoms with Crippen LogP contribution in [0.5, 0.6) is 0 Å². The third-order valence-electron chi connectivity index (χ3n) is 4.74. The van der Waals surface area contributed by atoms with Crippen LogP contribution in [-0.4, -0.2) is 22.4 Å². The van der Waals surface area contributed by atoms with Gasteiger partial charge < -0.3 is 10.2 Å². The summed E-state index contributed by atoms with van der Waals surface area (Å²) in [6, 6.07) is 18.1. The van der Waals surface area contributed by atoms with Crippen LogP contribution in [0.1, 0.15) is 32.9 Å². The number of benzene rings is 2. The van der Waals surface area contributed by atoms with Crippen LogP contribution in [0.15, 0.2) is 54.6 Å². The van der Waals surface area contributed by atoms with Gasteiger partial charge in [-0.2, -0.15) is 0 Å². The monoisotopic (exact) mass is 358 g/mol. The van der Waals surface area contributed by atoms with Crippen molar-refractivity contribution in [1.82, 2.24) is 9.97 Å². The number of aromatic nitrogens is 2. The molecule has 5 heteroatoms. The number of hydrogen-bond acceptors (Lipinski definition) is 4. The lowest BCUT2D eigenvalue weighted by Gasteiger charge is -2.17. The summed E-state index contributed by atoms with van der Waals surface area (Å²) in [5.74, 6) is 0.399.